The molecule has 18 nitrogen and oxygen atoms in total. The predicted octanol–water partition coefficient (Wildman–Crippen LogP) is 0.682. The Labute approximate surface area is 313 Å². The second kappa shape index (κ2) is 17.1. The van der Waals surface area contributed by atoms with E-state index >= 15 is 0 Å². The molecule has 4 saturated heterocycles. The van der Waals surface area contributed by atoms with Gasteiger partial charge in [-0.3, -0.25) is 33.2 Å². The van der Waals surface area contributed by atoms with E-state index in [0.29, 0.717) is 0 Å². The third-order valence-electron chi connectivity index (χ3n) is 9.69. The number of aromatic amines is 2. The highest BCUT2D eigenvalue weighted by atomic mass is 32.2. The second-order valence-electron chi connectivity index (χ2n) is 13.2. The molecule has 4 aliphatic heterocycles. The van der Waals surface area contributed by atoms with Crippen LogP contribution in [0.3, 0.4) is 0 Å². The SMILES string of the molecule is C.O=c1ccn([C@@H]2CO[C@@H]3COC(c4ccccc4)O[C@H]3[C@H]2CS(=O)(=O)O)c(=O)[nH]1.O=c1ccn([C@@H]2CO[C@@H]3COC(c4ccccc4)O[C@H]3[C@H]2O)c(=O)[nH]1. The number of benzene rings is 2. The number of fused-ring (bicyclic) bond motifs is 2. The van der Waals surface area contributed by atoms with E-state index in [1.54, 1.807) is 0 Å². The predicted molar refractivity (Wildman–Crippen MR) is 193 cm³/mol. The van der Waals surface area contributed by atoms with Gasteiger partial charge in [-0.05, 0) is 0 Å². The van der Waals surface area contributed by atoms with Crippen LogP contribution >= 0.6 is 0 Å². The standard InChI is InChI=1S/C18H20N2O8S.C17H18N2O6.CH4/c21-15-6-7-20(18(22)19-15)13-8-26-14-9-27-17(11-4-2-1-3-5-11)28-16(14)12(13)10-29(23,24)25;20-13-6-7-19(17(22)18-13)11-8-23-12-9-24-16(25-15(12)14(11)21)10-4-2-1-3-5-10;/h1-7,12-14,16-17H,8-10H2,(H,19,21,22)(H,23,24,25);1-7,11-12,14-16,21H,8-9H2,(H,18,20,22);1H4/t12-,13+,14+,16-,17?;11-,12-,14+,15-,16?;/m01./s1. The number of rotatable bonds is 6. The maximum atomic E-state index is 12.3. The number of aliphatic hydroxyl groups is 1. The molecule has 4 fully saturated rings. The van der Waals surface area contributed by atoms with Gasteiger partial charge in [0.15, 0.2) is 12.6 Å². The first-order valence-corrected chi connectivity index (χ1v) is 18.7. The molecule has 19 heteroatoms. The van der Waals surface area contributed by atoms with Crippen LogP contribution in [0.5, 0.6) is 0 Å². The number of hydrogen-bond donors (Lipinski definition) is 4. The molecule has 0 aliphatic carbocycles. The quantitative estimate of drug-likeness (QED) is 0.197. The molecule has 8 rings (SSSR count). The number of aromatic nitrogens is 4. The minimum absolute atomic E-state index is 0. The molecule has 6 heterocycles. The Balaban J connectivity index is 0.000000185. The molecular formula is C36H42N4O14S. The monoisotopic (exact) mass is 786 g/mol. The Morgan fingerprint density at radius 1 is 0.636 bits per heavy atom. The van der Waals surface area contributed by atoms with Crippen LogP contribution in [0.1, 0.15) is 43.2 Å². The average Bonchev–Trinajstić information content (AvgIpc) is 3.16. The summed E-state index contributed by atoms with van der Waals surface area (Å²) in [5, 5.41) is 10.8. The number of nitrogens with zero attached hydrogens (tertiary/aromatic N) is 2. The maximum Gasteiger partial charge on any atom is 0.328 e. The summed E-state index contributed by atoms with van der Waals surface area (Å²) in [7, 11) is -4.38. The Morgan fingerprint density at radius 2 is 1.09 bits per heavy atom. The summed E-state index contributed by atoms with van der Waals surface area (Å²) in [5.41, 5.74) is -0.756. The van der Waals surface area contributed by atoms with Gasteiger partial charge >= 0.3 is 11.4 Å². The lowest BCUT2D eigenvalue weighted by molar-refractivity contribution is -0.306. The van der Waals surface area contributed by atoms with E-state index in [1.165, 1.54) is 27.6 Å². The molecule has 4 aliphatic rings. The van der Waals surface area contributed by atoms with Crippen molar-refractivity contribution in [2.24, 2.45) is 5.92 Å². The first kappa shape index (κ1) is 40.1. The van der Waals surface area contributed by atoms with Crippen molar-refractivity contribution in [1.82, 2.24) is 19.1 Å². The van der Waals surface area contributed by atoms with Crippen molar-refractivity contribution in [2.45, 2.75) is 62.6 Å². The van der Waals surface area contributed by atoms with Crippen molar-refractivity contribution in [2.75, 3.05) is 32.2 Å². The summed E-state index contributed by atoms with van der Waals surface area (Å²) >= 11 is 0. The van der Waals surface area contributed by atoms with E-state index in [4.69, 9.17) is 28.4 Å². The molecule has 296 valence electrons. The smallest absolute Gasteiger partial charge is 0.328 e. The Hall–Kier alpha value is -4.57. The number of ether oxygens (including phenoxy) is 6. The van der Waals surface area contributed by atoms with Crippen LogP contribution in [0.15, 0.2) is 104 Å². The number of H-pyrrole nitrogens is 2. The van der Waals surface area contributed by atoms with Gasteiger partial charge in [0, 0.05) is 41.6 Å². The van der Waals surface area contributed by atoms with Crippen LogP contribution in [-0.2, 0) is 38.5 Å². The molecule has 2 aromatic carbocycles. The largest absolute Gasteiger partial charge is 0.388 e. The molecule has 4 aromatic rings. The Bertz CT molecular complexity index is 2250. The zero-order valence-corrected chi connectivity index (χ0v) is 29.3. The minimum atomic E-state index is -4.38. The lowest BCUT2D eigenvalue weighted by atomic mass is 9.88. The van der Waals surface area contributed by atoms with Crippen LogP contribution < -0.4 is 22.5 Å². The maximum absolute atomic E-state index is 12.3. The fraction of sp³-hybridized carbons (Fsp3) is 0.444. The van der Waals surface area contributed by atoms with Crippen LogP contribution in [0, 0.1) is 5.92 Å². The Morgan fingerprint density at radius 3 is 1.58 bits per heavy atom. The molecule has 2 unspecified atom stereocenters. The molecule has 55 heavy (non-hydrogen) atoms. The summed E-state index contributed by atoms with van der Waals surface area (Å²) < 4.78 is 70.3. The molecule has 0 amide bonds. The molecular weight excluding hydrogens is 744 g/mol. The van der Waals surface area contributed by atoms with Gasteiger partial charge in [0.25, 0.3) is 21.2 Å². The van der Waals surface area contributed by atoms with Gasteiger partial charge in [0.1, 0.15) is 24.4 Å². The molecule has 0 spiro atoms. The molecule has 0 bridgehead atoms. The fourth-order valence-corrected chi connectivity index (χ4v) is 7.99. The lowest BCUT2D eigenvalue weighted by Crippen LogP contribution is -2.57. The molecule has 4 N–H and O–H groups in total. The minimum Gasteiger partial charge on any atom is -0.388 e. The number of aliphatic hydroxyl groups excluding tert-OH is 1. The first-order valence-electron chi connectivity index (χ1n) is 17.1. The van der Waals surface area contributed by atoms with E-state index in [0.717, 1.165) is 17.2 Å². The second-order valence-corrected chi connectivity index (χ2v) is 14.7. The van der Waals surface area contributed by atoms with Crippen molar-refractivity contribution in [3.63, 3.8) is 0 Å². The van der Waals surface area contributed by atoms with Crippen molar-refractivity contribution < 1.29 is 46.5 Å². The van der Waals surface area contributed by atoms with Crippen molar-refractivity contribution in [1.29, 1.82) is 0 Å². The highest BCUT2D eigenvalue weighted by molar-refractivity contribution is 7.85. The molecule has 0 saturated carbocycles. The summed E-state index contributed by atoms with van der Waals surface area (Å²) in [4.78, 5) is 51.2. The highest BCUT2D eigenvalue weighted by Gasteiger charge is 2.48. The van der Waals surface area contributed by atoms with Gasteiger partial charge in [-0.1, -0.05) is 68.1 Å². The third kappa shape index (κ3) is 9.12. The fourth-order valence-electron chi connectivity index (χ4n) is 7.09. The zero-order valence-electron chi connectivity index (χ0n) is 28.5. The summed E-state index contributed by atoms with van der Waals surface area (Å²) in [6.07, 6.45) is -2.06. The zero-order chi connectivity index (χ0) is 38.0. The van der Waals surface area contributed by atoms with Crippen LogP contribution in [0.25, 0.3) is 0 Å². The van der Waals surface area contributed by atoms with Gasteiger partial charge in [-0.2, -0.15) is 8.42 Å². The van der Waals surface area contributed by atoms with Gasteiger partial charge in [0.2, 0.25) is 0 Å². The topological polar surface area (TPSA) is 240 Å². The third-order valence-corrected chi connectivity index (χ3v) is 10.5. The van der Waals surface area contributed by atoms with Crippen LogP contribution in [0.4, 0.5) is 0 Å². The van der Waals surface area contributed by atoms with Gasteiger partial charge in [0.05, 0.1) is 50.4 Å². The number of hydrogen-bond acceptors (Lipinski definition) is 13. The normalized spacial score (nSPS) is 30.4. The van der Waals surface area contributed by atoms with Crippen molar-refractivity contribution in [3.8, 4) is 0 Å². The van der Waals surface area contributed by atoms with E-state index in [-0.39, 0.29) is 33.9 Å². The van der Waals surface area contributed by atoms with E-state index in [1.807, 2.05) is 60.7 Å². The average molecular weight is 787 g/mol. The van der Waals surface area contributed by atoms with Crippen molar-refractivity contribution >= 4 is 10.1 Å². The van der Waals surface area contributed by atoms with Gasteiger partial charge < -0.3 is 33.5 Å². The molecule has 2 aromatic heterocycles. The van der Waals surface area contributed by atoms with Crippen LogP contribution in [-0.4, -0.2) is 99.9 Å². The van der Waals surface area contributed by atoms with Crippen LogP contribution in [0.2, 0.25) is 0 Å². The molecule has 0 radical (unpaired) electrons. The molecule has 10 atom stereocenters. The summed E-state index contributed by atoms with van der Waals surface area (Å²) in [6, 6.07) is 19.5. The first-order chi connectivity index (χ1) is 25.9. The van der Waals surface area contributed by atoms with E-state index in [9.17, 15) is 37.3 Å². The number of nitrogens with one attached hydrogen (secondary N) is 2. The van der Waals surface area contributed by atoms with Gasteiger partial charge in [-0.25, -0.2) is 9.59 Å². The summed E-state index contributed by atoms with van der Waals surface area (Å²) in [6.45, 7) is 0.570. The van der Waals surface area contributed by atoms with Crippen molar-refractivity contribution in [3.05, 3.63) is 138 Å². The summed E-state index contributed by atoms with van der Waals surface area (Å²) in [5.74, 6) is -1.43. The van der Waals surface area contributed by atoms with Gasteiger partial charge in [-0.15, -0.1) is 0 Å². The highest BCUT2D eigenvalue weighted by Crippen LogP contribution is 2.39. The lowest BCUT2D eigenvalue weighted by Gasteiger charge is -2.46. The van der Waals surface area contributed by atoms with E-state index in [2.05, 4.69) is 9.97 Å². The Kier molecular flexibility index (Phi) is 12.4. The van der Waals surface area contributed by atoms with E-state index < -0.39 is 99.5 Å².